The van der Waals surface area contributed by atoms with Crippen LogP contribution in [0.4, 0.5) is 0 Å². The molecule has 2 heterocycles. The molecule has 0 amide bonds. The zero-order chi connectivity index (χ0) is 21.3. The normalized spacial score (nSPS) is 20.1. The molecule has 0 unspecified atom stereocenters. The first-order valence-electron chi connectivity index (χ1n) is 10.7. The van der Waals surface area contributed by atoms with E-state index in [1.54, 1.807) is 0 Å². The summed E-state index contributed by atoms with van der Waals surface area (Å²) in [6.45, 7) is 13.0. The maximum absolute atomic E-state index is 6.30. The molecular weight excluding hydrogens is 369 g/mol. The first-order valence-corrected chi connectivity index (χ1v) is 10.7. The largest absolute Gasteiger partial charge is 0.494 e. The Morgan fingerprint density at radius 1 is 0.733 bits per heavy atom. The third-order valence-corrected chi connectivity index (χ3v) is 7.22. The van der Waals surface area contributed by atoms with Crippen LogP contribution in [0, 0.1) is 0 Å². The van der Waals surface area contributed by atoms with Crippen molar-refractivity contribution in [2.24, 2.45) is 0 Å². The van der Waals surface area contributed by atoms with Crippen LogP contribution in [0.2, 0.25) is 0 Å². The molecule has 0 radical (unpaired) electrons. The average Bonchev–Trinajstić information content (AvgIpc) is 3.08. The van der Waals surface area contributed by atoms with Crippen LogP contribution in [0.3, 0.4) is 0 Å². The zero-order valence-electron chi connectivity index (χ0n) is 18.6. The Balaban J connectivity index is 1.56. The Kier molecular flexibility index (Phi) is 4.09. The molecule has 0 saturated carbocycles. The zero-order valence-corrected chi connectivity index (χ0v) is 18.6. The highest BCUT2D eigenvalue weighted by atomic mass is 16.7. The fourth-order valence-electron chi connectivity index (χ4n) is 4.59. The van der Waals surface area contributed by atoms with Gasteiger partial charge in [0, 0.05) is 17.8 Å². The minimum absolute atomic E-state index is 0.0947. The molecule has 2 aromatic carbocycles. The van der Waals surface area contributed by atoms with Crippen LogP contribution < -0.4 is 5.46 Å². The molecule has 1 aliphatic heterocycles. The predicted octanol–water partition coefficient (Wildman–Crippen LogP) is 5.35. The summed E-state index contributed by atoms with van der Waals surface area (Å²) in [6, 6.07) is 17.5. The maximum atomic E-state index is 6.30. The van der Waals surface area contributed by atoms with Crippen molar-refractivity contribution in [3.8, 4) is 22.3 Å². The van der Waals surface area contributed by atoms with Crippen LogP contribution in [0.1, 0.15) is 52.7 Å². The third-order valence-electron chi connectivity index (χ3n) is 7.22. The van der Waals surface area contributed by atoms with Crippen LogP contribution in [-0.2, 0) is 14.7 Å². The minimum atomic E-state index is -0.342. The summed E-state index contributed by atoms with van der Waals surface area (Å²) in [5, 5.41) is 0. The van der Waals surface area contributed by atoms with E-state index in [1.165, 1.54) is 27.8 Å². The minimum Gasteiger partial charge on any atom is -0.399 e. The molecule has 1 fully saturated rings. The molecule has 152 valence electrons. The van der Waals surface area contributed by atoms with E-state index < -0.39 is 0 Å². The van der Waals surface area contributed by atoms with Crippen molar-refractivity contribution in [1.29, 1.82) is 0 Å². The van der Waals surface area contributed by atoms with Gasteiger partial charge in [-0.2, -0.15) is 0 Å². The van der Waals surface area contributed by atoms with Gasteiger partial charge in [0.1, 0.15) is 0 Å². The molecule has 3 aromatic rings. The molecule has 1 saturated heterocycles. The summed E-state index contributed by atoms with van der Waals surface area (Å²) in [5.74, 6) is 0. The van der Waals surface area contributed by atoms with Crippen molar-refractivity contribution < 1.29 is 9.31 Å². The summed E-state index contributed by atoms with van der Waals surface area (Å²) in [4.78, 5) is 4.28. The molecule has 0 N–H and O–H groups in total. The third kappa shape index (κ3) is 2.78. The lowest BCUT2D eigenvalue weighted by molar-refractivity contribution is 0.00578. The van der Waals surface area contributed by atoms with Crippen LogP contribution in [-0.4, -0.2) is 23.3 Å². The lowest BCUT2D eigenvalue weighted by atomic mass is 9.74. The van der Waals surface area contributed by atoms with E-state index in [2.05, 4.69) is 89.0 Å². The molecule has 0 bridgehead atoms. The molecule has 1 aliphatic carbocycles. The van der Waals surface area contributed by atoms with Crippen LogP contribution >= 0.6 is 0 Å². The van der Waals surface area contributed by atoms with E-state index >= 15 is 0 Å². The predicted molar refractivity (Wildman–Crippen MR) is 123 cm³/mol. The van der Waals surface area contributed by atoms with Gasteiger partial charge in [-0.3, -0.25) is 4.98 Å². The van der Waals surface area contributed by atoms with E-state index in [4.69, 9.17) is 9.31 Å². The number of aromatic nitrogens is 1. The van der Waals surface area contributed by atoms with Gasteiger partial charge < -0.3 is 9.31 Å². The number of pyridine rings is 1. The van der Waals surface area contributed by atoms with E-state index in [-0.39, 0.29) is 23.7 Å². The quantitative estimate of drug-likeness (QED) is 0.546. The summed E-state index contributed by atoms with van der Waals surface area (Å²) < 4.78 is 12.6. The maximum Gasteiger partial charge on any atom is 0.494 e. The van der Waals surface area contributed by atoms with Crippen LogP contribution in [0.5, 0.6) is 0 Å². The average molecular weight is 397 g/mol. The van der Waals surface area contributed by atoms with Gasteiger partial charge in [0.2, 0.25) is 0 Å². The highest BCUT2D eigenvalue weighted by Crippen LogP contribution is 2.49. The smallest absolute Gasteiger partial charge is 0.399 e. The van der Waals surface area contributed by atoms with E-state index in [0.29, 0.717) is 0 Å². The topological polar surface area (TPSA) is 31.4 Å². The number of nitrogens with zero attached hydrogens (tertiary/aromatic N) is 1. The van der Waals surface area contributed by atoms with Gasteiger partial charge in [0.25, 0.3) is 0 Å². The summed E-state index contributed by atoms with van der Waals surface area (Å²) in [7, 11) is -0.342. The monoisotopic (exact) mass is 397 g/mol. The lowest BCUT2D eigenvalue weighted by Gasteiger charge is -2.32. The Labute approximate surface area is 179 Å². The van der Waals surface area contributed by atoms with Gasteiger partial charge >= 0.3 is 7.12 Å². The molecule has 0 atom stereocenters. The molecule has 0 spiro atoms. The lowest BCUT2D eigenvalue weighted by Crippen LogP contribution is -2.41. The first kappa shape index (κ1) is 19.5. The van der Waals surface area contributed by atoms with E-state index in [0.717, 1.165) is 11.0 Å². The summed E-state index contributed by atoms with van der Waals surface area (Å²) in [5.41, 5.74) is 7.94. The Morgan fingerprint density at radius 2 is 1.37 bits per heavy atom. The molecule has 2 aliphatic rings. The van der Waals surface area contributed by atoms with Crippen molar-refractivity contribution in [2.45, 2.75) is 58.2 Å². The van der Waals surface area contributed by atoms with E-state index in [9.17, 15) is 0 Å². The number of hydrogen-bond acceptors (Lipinski definition) is 3. The highest BCUT2D eigenvalue weighted by Gasteiger charge is 2.52. The van der Waals surface area contributed by atoms with Crippen LogP contribution in [0.15, 0.2) is 60.9 Å². The van der Waals surface area contributed by atoms with E-state index in [1.807, 2.05) is 18.5 Å². The van der Waals surface area contributed by atoms with Gasteiger partial charge in [-0.05, 0) is 78.7 Å². The van der Waals surface area contributed by atoms with Gasteiger partial charge in [-0.25, -0.2) is 0 Å². The number of fused-ring (bicyclic) bond motifs is 3. The first-order chi connectivity index (χ1) is 14.1. The fourth-order valence-corrected chi connectivity index (χ4v) is 4.59. The second-order valence-electron chi connectivity index (χ2n) is 10.0. The highest BCUT2D eigenvalue weighted by molar-refractivity contribution is 6.62. The number of rotatable bonds is 2. The number of hydrogen-bond donors (Lipinski definition) is 0. The molecular formula is C26H28BNO2. The van der Waals surface area contributed by atoms with Crippen molar-refractivity contribution in [3.05, 3.63) is 72.1 Å². The molecule has 5 rings (SSSR count). The van der Waals surface area contributed by atoms with Gasteiger partial charge in [-0.1, -0.05) is 50.2 Å². The number of benzene rings is 2. The van der Waals surface area contributed by atoms with Gasteiger partial charge in [-0.15, -0.1) is 0 Å². The van der Waals surface area contributed by atoms with Crippen molar-refractivity contribution in [1.82, 2.24) is 4.98 Å². The van der Waals surface area contributed by atoms with Crippen LogP contribution in [0.25, 0.3) is 22.3 Å². The van der Waals surface area contributed by atoms with Crippen molar-refractivity contribution >= 4 is 12.6 Å². The summed E-state index contributed by atoms with van der Waals surface area (Å²) >= 11 is 0. The van der Waals surface area contributed by atoms with Gasteiger partial charge in [0.15, 0.2) is 0 Å². The molecule has 4 heteroatoms. The van der Waals surface area contributed by atoms with Gasteiger partial charge in [0.05, 0.1) is 11.2 Å². The standard InChI is InChI=1S/C26H28BNO2/c1-24(2)22-14-17(18-8-7-13-28-16-18)9-11-20(22)21-12-10-19(15-23(21)24)27-29-25(3,4)26(5,6)30-27/h7-16H,1-6H3. The van der Waals surface area contributed by atoms with Crippen molar-refractivity contribution in [2.75, 3.05) is 0 Å². The second kappa shape index (κ2) is 6.29. The fraction of sp³-hybridized carbons (Fsp3) is 0.346. The Morgan fingerprint density at radius 3 is 2.00 bits per heavy atom. The summed E-state index contributed by atoms with van der Waals surface area (Å²) in [6.07, 6.45) is 3.74. The molecule has 3 nitrogen and oxygen atoms in total. The van der Waals surface area contributed by atoms with Crippen molar-refractivity contribution in [3.63, 3.8) is 0 Å². The molecule has 1 aromatic heterocycles. The molecule has 30 heavy (non-hydrogen) atoms. The Hall–Kier alpha value is -2.43. The SMILES string of the molecule is CC1(C)c2cc(B3OC(C)(C)C(C)(C)O3)ccc2-c2ccc(-c3cccnc3)cc21. The second-order valence-corrected chi connectivity index (χ2v) is 10.0. The Bertz CT molecular complexity index is 1120.